The van der Waals surface area contributed by atoms with Gasteiger partial charge in [-0.15, -0.1) is 0 Å². The number of hydrogen-bond acceptors (Lipinski definition) is 3. The number of benzene rings is 1. The van der Waals surface area contributed by atoms with E-state index in [4.69, 9.17) is 0 Å². The zero-order chi connectivity index (χ0) is 17.5. The number of amides is 3. The minimum Gasteiger partial charge on any atom is -0.340 e. The molecule has 2 heterocycles. The molecule has 7 heteroatoms. The summed E-state index contributed by atoms with van der Waals surface area (Å²) in [6.45, 7) is 1.22. The number of nitrogens with zero attached hydrogens (tertiary/aromatic N) is 2. The lowest BCUT2D eigenvalue weighted by Crippen LogP contribution is -2.42. The van der Waals surface area contributed by atoms with Crippen LogP contribution in [-0.4, -0.2) is 40.1 Å². The van der Waals surface area contributed by atoms with Gasteiger partial charge in [0.05, 0.1) is 17.9 Å². The first kappa shape index (κ1) is 17.0. The number of anilines is 1. The molecule has 1 atom stereocenters. The third-order valence-electron chi connectivity index (χ3n) is 4.34. The average Bonchev–Trinajstić information content (AvgIpc) is 3.04. The van der Waals surface area contributed by atoms with Crippen LogP contribution in [0.5, 0.6) is 0 Å². The largest absolute Gasteiger partial charge is 0.340 e. The molecule has 25 heavy (non-hydrogen) atoms. The summed E-state index contributed by atoms with van der Waals surface area (Å²) in [5, 5.41) is 12.2. The number of likely N-dealkylation sites (tertiary alicyclic amines) is 1. The molecule has 1 saturated heterocycles. The highest BCUT2D eigenvalue weighted by molar-refractivity contribution is 5.89. The first-order valence-electron chi connectivity index (χ1n) is 8.61. The van der Waals surface area contributed by atoms with Crippen LogP contribution in [0.1, 0.15) is 37.3 Å². The predicted molar refractivity (Wildman–Crippen MR) is 95.0 cm³/mol. The minimum atomic E-state index is -0.322. The van der Waals surface area contributed by atoms with E-state index >= 15 is 0 Å². The zero-order valence-corrected chi connectivity index (χ0v) is 14.1. The van der Waals surface area contributed by atoms with Gasteiger partial charge in [-0.25, -0.2) is 4.79 Å². The Hall–Kier alpha value is -2.83. The first-order valence-corrected chi connectivity index (χ1v) is 8.61. The predicted octanol–water partition coefficient (Wildman–Crippen LogP) is 2.68. The molecule has 132 valence electrons. The third-order valence-corrected chi connectivity index (χ3v) is 4.34. The molecule has 0 spiro atoms. The second-order valence-corrected chi connectivity index (χ2v) is 6.20. The Bertz CT molecular complexity index is 687. The summed E-state index contributed by atoms with van der Waals surface area (Å²) in [5.74, 6) is 0.162. The van der Waals surface area contributed by atoms with Gasteiger partial charge < -0.3 is 15.5 Å². The van der Waals surface area contributed by atoms with E-state index in [1.54, 1.807) is 6.20 Å². The Balaban J connectivity index is 1.70. The van der Waals surface area contributed by atoms with Crippen molar-refractivity contribution in [3.8, 4) is 0 Å². The molecular formula is C18H23N5O2. The Morgan fingerprint density at radius 2 is 2.08 bits per heavy atom. The van der Waals surface area contributed by atoms with Crippen LogP contribution in [0.25, 0.3) is 0 Å². The molecular weight excluding hydrogens is 318 g/mol. The molecule has 1 aliphatic heterocycles. The molecule has 3 N–H and O–H groups in total. The van der Waals surface area contributed by atoms with Crippen molar-refractivity contribution in [3.05, 3.63) is 48.3 Å². The number of H-pyrrole nitrogens is 1. The highest BCUT2D eigenvalue weighted by atomic mass is 16.2. The van der Waals surface area contributed by atoms with Crippen LogP contribution in [0.4, 0.5) is 10.5 Å². The number of carbonyl (C=O) groups is 2. The number of hydrogen-bond donors (Lipinski definition) is 3. The first-order chi connectivity index (χ1) is 12.2. The van der Waals surface area contributed by atoms with E-state index < -0.39 is 0 Å². The lowest BCUT2D eigenvalue weighted by molar-refractivity contribution is -0.131. The van der Waals surface area contributed by atoms with Gasteiger partial charge in [0.2, 0.25) is 5.91 Å². The van der Waals surface area contributed by atoms with Crippen molar-refractivity contribution in [2.75, 3.05) is 18.4 Å². The van der Waals surface area contributed by atoms with Gasteiger partial charge >= 0.3 is 6.03 Å². The summed E-state index contributed by atoms with van der Waals surface area (Å²) in [6, 6.07) is 9.14. The van der Waals surface area contributed by atoms with Crippen molar-refractivity contribution in [1.82, 2.24) is 20.4 Å². The van der Waals surface area contributed by atoms with Gasteiger partial charge in [0.1, 0.15) is 0 Å². The van der Waals surface area contributed by atoms with Gasteiger partial charge in [0.15, 0.2) is 0 Å². The fourth-order valence-electron chi connectivity index (χ4n) is 3.02. The van der Waals surface area contributed by atoms with E-state index in [0.717, 1.165) is 31.4 Å². The molecule has 1 aromatic heterocycles. The number of rotatable bonds is 5. The summed E-state index contributed by atoms with van der Waals surface area (Å²) < 4.78 is 0. The third kappa shape index (κ3) is 4.82. The van der Waals surface area contributed by atoms with E-state index in [1.807, 2.05) is 35.2 Å². The maximum atomic E-state index is 12.3. The fourth-order valence-corrected chi connectivity index (χ4v) is 3.02. The van der Waals surface area contributed by atoms with Crippen molar-refractivity contribution in [2.24, 2.45) is 0 Å². The Morgan fingerprint density at radius 1 is 1.24 bits per heavy atom. The van der Waals surface area contributed by atoms with Crippen LogP contribution in [0.3, 0.4) is 0 Å². The van der Waals surface area contributed by atoms with Gasteiger partial charge in [0.25, 0.3) is 0 Å². The van der Waals surface area contributed by atoms with Gasteiger partial charge in [0, 0.05) is 25.7 Å². The highest BCUT2D eigenvalue weighted by Crippen LogP contribution is 2.18. The molecule has 7 nitrogen and oxygen atoms in total. The van der Waals surface area contributed by atoms with E-state index in [1.165, 1.54) is 6.20 Å². The Kier molecular flexibility index (Phi) is 5.66. The van der Waals surface area contributed by atoms with Gasteiger partial charge in [-0.1, -0.05) is 36.8 Å². The average molecular weight is 341 g/mol. The second kappa shape index (κ2) is 8.32. The summed E-state index contributed by atoms with van der Waals surface area (Å²) in [4.78, 5) is 26.5. The Morgan fingerprint density at radius 3 is 2.84 bits per heavy atom. The summed E-state index contributed by atoms with van der Waals surface area (Å²) in [5.41, 5.74) is 1.57. The number of urea groups is 1. The van der Waals surface area contributed by atoms with Gasteiger partial charge in [-0.3, -0.25) is 9.89 Å². The van der Waals surface area contributed by atoms with E-state index in [0.29, 0.717) is 18.7 Å². The Labute approximate surface area is 146 Å². The fraction of sp³-hybridized carbons (Fsp3) is 0.389. The molecule has 1 unspecified atom stereocenters. The maximum Gasteiger partial charge on any atom is 0.319 e. The maximum absolute atomic E-state index is 12.3. The van der Waals surface area contributed by atoms with Crippen molar-refractivity contribution in [3.63, 3.8) is 0 Å². The van der Waals surface area contributed by atoms with E-state index in [9.17, 15) is 9.59 Å². The van der Waals surface area contributed by atoms with E-state index in [2.05, 4.69) is 20.8 Å². The van der Waals surface area contributed by atoms with Crippen LogP contribution in [0.15, 0.2) is 42.7 Å². The molecule has 1 aromatic carbocycles. The molecule has 3 amide bonds. The smallest absolute Gasteiger partial charge is 0.319 e. The quantitative estimate of drug-likeness (QED) is 0.781. The minimum absolute atomic E-state index is 0.162. The van der Waals surface area contributed by atoms with Crippen molar-refractivity contribution in [1.29, 1.82) is 0 Å². The van der Waals surface area contributed by atoms with Crippen LogP contribution < -0.4 is 10.6 Å². The van der Waals surface area contributed by atoms with Crippen molar-refractivity contribution < 1.29 is 9.59 Å². The van der Waals surface area contributed by atoms with Crippen LogP contribution in [0, 0.1) is 0 Å². The normalized spacial score (nSPS) is 16.2. The van der Waals surface area contributed by atoms with Crippen molar-refractivity contribution >= 4 is 17.6 Å². The molecule has 3 rings (SSSR count). The lowest BCUT2D eigenvalue weighted by Gasteiger charge is -2.27. The summed E-state index contributed by atoms with van der Waals surface area (Å²) in [6.07, 6.45) is 6.76. The molecule has 1 aliphatic rings. The molecule has 1 fully saturated rings. The number of carbonyl (C=O) groups excluding carboxylic acids is 2. The molecule has 0 radical (unpaired) electrons. The highest BCUT2D eigenvalue weighted by Gasteiger charge is 2.23. The molecule has 0 aliphatic carbocycles. The summed E-state index contributed by atoms with van der Waals surface area (Å²) in [7, 11) is 0. The number of nitrogens with one attached hydrogen (secondary N) is 3. The number of aromatic amines is 1. The lowest BCUT2D eigenvalue weighted by atomic mass is 10.1. The molecule has 0 bridgehead atoms. The topological polar surface area (TPSA) is 90.1 Å². The van der Waals surface area contributed by atoms with Crippen LogP contribution >= 0.6 is 0 Å². The van der Waals surface area contributed by atoms with Gasteiger partial charge in [-0.2, -0.15) is 5.10 Å². The van der Waals surface area contributed by atoms with Crippen molar-refractivity contribution in [2.45, 2.75) is 31.7 Å². The van der Waals surface area contributed by atoms with Crippen LogP contribution in [-0.2, 0) is 4.79 Å². The number of aromatic nitrogens is 2. The monoisotopic (exact) mass is 341 g/mol. The second-order valence-electron chi connectivity index (χ2n) is 6.20. The van der Waals surface area contributed by atoms with Crippen LogP contribution in [0.2, 0.25) is 0 Å². The standard InChI is InChI=1S/C18H23N5O2/c24-17-9-5-2-6-10-23(17)13-16(14-7-3-1-4-8-14)22-18(25)21-15-11-19-20-12-15/h1,3-4,7-8,11-12,16H,2,5-6,9-10,13H2,(H,19,20)(H2,21,22,25). The van der Waals surface area contributed by atoms with Gasteiger partial charge in [-0.05, 0) is 18.4 Å². The summed E-state index contributed by atoms with van der Waals surface area (Å²) >= 11 is 0. The molecule has 2 aromatic rings. The molecule has 0 saturated carbocycles. The zero-order valence-electron chi connectivity index (χ0n) is 14.1. The SMILES string of the molecule is O=C(Nc1cn[nH]c1)NC(CN1CCCCCC1=O)c1ccccc1. The van der Waals surface area contributed by atoms with E-state index in [-0.39, 0.29) is 18.0 Å².